The number of anilines is 1. The molecule has 1 aromatic carbocycles. The fourth-order valence-electron chi connectivity index (χ4n) is 2.94. The lowest BCUT2D eigenvalue weighted by Gasteiger charge is -2.34. The van der Waals surface area contributed by atoms with Gasteiger partial charge >= 0.3 is 5.97 Å². The third-order valence-corrected chi connectivity index (χ3v) is 3.96. The largest absolute Gasteiger partial charge is 0.480 e. The van der Waals surface area contributed by atoms with Crippen molar-refractivity contribution in [2.24, 2.45) is 0 Å². The van der Waals surface area contributed by atoms with Gasteiger partial charge in [0.1, 0.15) is 11.9 Å². The average Bonchev–Trinajstić information content (AvgIpc) is 2.46. The van der Waals surface area contributed by atoms with Crippen LogP contribution in [0.3, 0.4) is 0 Å². The average molecular weight is 270 g/mol. The summed E-state index contributed by atoms with van der Waals surface area (Å²) in [6, 6.07) is 7.73. The van der Waals surface area contributed by atoms with E-state index in [1.807, 2.05) is 17.9 Å². The molecule has 1 atom stereocenters. The molecule has 0 amide bonds. The molecule has 2 heterocycles. The quantitative estimate of drug-likeness (QED) is 0.911. The van der Waals surface area contributed by atoms with Crippen molar-refractivity contribution >= 4 is 22.6 Å². The first-order chi connectivity index (χ1) is 9.66. The molecule has 0 saturated carbocycles. The SMILES string of the molecule is Cc1ccc2ccnc(N3CCCCC3C(=O)O)c2c1. The van der Waals surface area contributed by atoms with Crippen LogP contribution in [-0.4, -0.2) is 28.6 Å². The Bertz CT molecular complexity index is 654. The maximum Gasteiger partial charge on any atom is 0.326 e. The maximum absolute atomic E-state index is 11.5. The van der Waals surface area contributed by atoms with E-state index in [-0.39, 0.29) is 0 Å². The second-order valence-corrected chi connectivity index (χ2v) is 5.40. The predicted molar refractivity (Wildman–Crippen MR) is 79.1 cm³/mol. The number of carboxylic acids is 1. The van der Waals surface area contributed by atoms with Gasteiger partial charge in [0, 0.05) is 18.1 Å². The van der Waals surface area contributed by atoms with Gasteiger partial charge in [0.2, 0.25) is 0 Å². The molecule has 2 aromatic rings. The van der Waals surface area contributed by atoms with Crippen LogP contribution in [0.1, 0.15) is 24.8 Å². The number of nitrogens with zero attached hydrogens (tertiary/aromatic N) is 2. The Balaban J connectivity index is 2.12. The summed E-state index contributed by atoms with van der Waals surface area (Å²) >= 11 is 0. The molecule has 4 heteroatoms. The van der Waals surface area contributed by atoms with Gasteiger partial charge in [-0.15, -0.1) is 0 Å². The number of benzene rings is 1. The third kappa shape index (κ3) is 2.22. The summed E-state index contributed by atoms with van der Waals surface area (Å²) in [5.41, 5.74) is 1.16. The minimum atomic E-state index is -0.754. The molecule has 1 aliphatic heterocycles. The van der Waals surface area contributed by atoms with Gasteiger partial charge in [-0.2, -0.15) is 0 Å². The highest BCUT2D eigenvalue weighted by Gasteiger charge is 2.30. The van der Waals surface area contributed by atoms with E-state index in [9.17, 15) is 9.90 Å². The van der Waals surface area contributed by atoms with Crippen LogP contribution in [0.5, 0.6) is 0 Å². The molecule has 0 spiro atoms. The Morgan fingerprint density at radius 2 is 2.20 bits per heavy atom. The topological polar surface area (TPSA) is 53.4 Å². The first kappa shape index (κ1) is 12.9. The highest BCUT2D eigenvalue weighted by Crippen LogP contribution is 2.30. The summed E-state index contributed by atoms with van der Waals surface area (Å²) in [6.07, 6.45) is 4.45. The van der Waals surface area contributed by atoms with Crippen molar-refractivity contribution in [2.75, 3.05) is 11.4 Å². The highest BCUT2D eigenvalue weighted by atomic mass is 16.4. The Hall–Kier alpha value is -2.10. The number of rotatable bonds is 2. The Morgan fingerprint density at radius 1 is 1.35 bits per heavy atom. The van der Waals surface area contributed by atoms with Gasteiger partial charge in [0.25, 0.3) is 0 Å². The summed E-state index contributed by atoms with van der Waals surface area (Å²) < 4.78 is 0. The number of carboxylic acid groups (broad SMARTS) is 1. The van der Waals surface area contributed by atoms with Crippen molar-refractivity contribution in [2.45, 2.75) is 32.2 Å². The van der Waals surface area contributed by atoms with E-state index in [1.54, 1.807) is 6.20 Å². The number of hydrogen-bond donors (Lipinski definition) is 1. The minimum absolute atomic E-state index is 0.456. The number of piperidine rings is 1. The molecule has 0 radical (unpaired) electrons. The third-order valence-electron chi connectivity index (χ3n) is 3.96. The predicted octanol–water partition coefficient (Wildman–Crippen LogP) is 2.99. The minimum Gasteiger partial charge on any atom is -0.480 e. The first-order valence-electron chi connectivity index (χ1n) is 7.01. The molecule has 4 nitrogen and oxygen atoms in total. The summed E-state index contributed by atoms with van der Waals surface area (Å²) in [5.74, 6) is 0.0504. The smallest absolute Gasteiger partial charge is 0.326 e. The van der Waals surface area contributed by atoms with Crippen LogP contribution in [0, 0.1) is 6.92 Å². The lowest BCUT2D eigenvalue weighted by atomic mass is 10.0. The van der Waals surface area contributed by atoms with Crippen LogP contribution in [0.4, 0.5) is 5.82 Å². The van der Waals surface area contributed by atoms with E-state index in [2.05, 4.69) is 23.2 Å². The van der Waals surface area contributed by atoms with E-state index in [1.165, 1.54) is 0 Å². The molecule has 1 aliphatic rings. The zero-order chi connectivity index (χ0) is 14.1. The van der Waals surface area contributed by atoms with Crippen molar-refractivity contribution in [3.63, 3.8) is 0 Å². The van der Waals surface area contributed by atoms with Crippen LogP contribution in [-0.2, 0) is 4.79 Å². The van der Waals surface area contributed by atoms with Gasteiger partial charge < -0.3 is 10.0 Å². The zero-order valence-electron chi connectivity index (χ0n) is 11.5. The molecule has 1 aromatic heterocycles. The van der Waals surface area contributed by atoms with E-state index in [0.29, 0.717) is 6.42 Å². The monoisotopic (exact) mass is 270 g/mol. The van der Waals surface area contributed by atoms with Crippen LogP contribution < -0.4 is 4.90 Å². The second-order valence-electron chi connectivity index (χ2n) is 5.40. The van der Waals surface area contributed by atoms with E-state index in [4.69, 9.17) is 0 Å². The maximum atomic E-state index is 11.5. The Morgan fingerprint density at radius 3 is 3.00 bits per heavy atom. The lowest BCUT2D eigenvalue weighted by Crippen LogP contribution is -2.45. The number of hydrogen-bond acceptors (Lipinski definition) is 3. The molecule has 1 unspecified atom stereocenters. The first-order valence-corrected chi connectivity index (χ1v) is 7.01. The van der Waals surface area contributed by atoms with Crippen LogP contribution in [0.15, 0.2) is 30.5 Å². The summed E-state index contributed by atoms with van der Waals surface area (Å²) in [5, 5.41) is 11.6. The van der Waals surface area contributed by atoms with Gasteiger partial charge in [0.15, 0.2) is 0 Å². The number of pyridine rings is 1. The van der Waals surface area contributed by atoms with Crippen molar-refractivity contribution < 1.29 is 9.90 Å². The van der Waals surface area contributed by atoms with Crippen molar-refractivity contribution in [3.05, 3.63) is 36.0 Å². The molecule has 0 aliphatic carbocycles. The molecule has 1 N–H and O–H groups in total. The number of aliphatic carboxylic acids is 1. The molecule has 1 saturated heterocycles. The van der Waals surface area contributed by atoms with Crippen molar-refractivity contribution in [1.29, 1.82) is 0 Å². The Labute approximate surface area is 118 Å². The van der Waals surface area contributed by atoms with E-state index >= 15 is 0 Å². The standard InChI is InChI=1S/C16H18N2O2/c1-11-5-6-12-7-8-17-15(13(12)10-11)18-9-3-2-4-14(18)16(19)20/h5-8,10,14H,2-4,9H2,1H3,(H,19,20). The fourth-order valence-corrected chi connectivity index (χ4v) is 2.94. The van der Waals surface area contributed by atoms with Crippen molar-refractivity contribution in [3.8, 4) is 0 Å². The zero-order valence-corrected chi connectivity index (χ0v) is 11.5. The van der Waals surface area contributed by atoms with Crippen molar-refractivity contribution in [1.82, 2.24) is 4.98 Å². The van der Waals surface area contributed by atoms with Crippen LogP contribution in [0.25, 0.3) is 10.8 Å². The summed E-state index contributed by atoms with van der Waals surface area (Å²) in [7, 11) is 0. The van der Waals surface area contributed by atoms with Gasteiger partial charge in [-0.1, -0.05) is 17.7 Å². The molecular formula is C16H18N2O2. The van der Waals surface area contributed by atoms with Crippen LogP contribution in [0.2, 0.25) is 0 Å². The number of fused-ring (bicyclic) bond motifs is 1. The number of aryl methyl sites for hydroxylation is 1. The van der Waals surface area contributed by atoms with E-state index in [0.717, 1.165) is 41.5 Å². The molecule has 104 valence electrons. The van der Waals surface area contributed by atoms with Gasteiger partial charge in [-0.25, -0.2) is 9.78 Å². The molecule has 0 bridgehead atoms. The molecule has 1 fully saturated rings. The molecule has 20 heavy (non-hydrogen) atoms. The number of aromatic nitrogens is 1. The van der Waals surface area contributed by atoms with Crippen LogP contribution >= 0.6 is 0 Å². The fraction of sp³-hybridized carbons (Fsp3) is 0.375. The summed E-state index contributed by atoms with van der Waals surface area (Å²) in [6.45, 7) is 2.80. The molecule has 3 rings (SSSR count). The van der Waals surface area contributed by atoms with E-state index < -0.39 is 12.0 Å². The molecular weight excluding hydrogens is 252 g/mol. The number of carbonyl (C=O) groups is 1. The highest BCUT2D eigenvalue weighted by molar-refractivity contribution is 5.94. The normalized spacial score (nSPS) is 19.2. The van der Waals surface area contributed by atoms with Gasteiger partial charge in [-0.05, 0) is 43.7 Å². The van der Waals surface area contributed by atoms with Gasteiger partial charge in [0.05, 0.1) is 0 Å². The Kier molecular flexibility index (Phi) is 3.30. The van der Waals surface area contributed by atoms with Gasteiger partial charge in [-0.3, -0.25) is 0 Å². The second kappa shape index (κ2) is 5.12. The lowest BCUT2D eigenvalue weighted by molar-refractivity contribution is -0.139. The summed E-state index contributed by atoms with van der Waals surface area (Å²) in [4.78, 5) is 17.9.